The molecule has 0 bridgehead atoms. The number of hydrogen-bond acceptors (Lipinski definition) is 5. The SMILES string of the molecule is CCNc1cccc2c1CCN(CCCCOc1ccc3ccn(C=O)c3n1)C2. The molecule has 3 aromatic rings. The van der Waals surface area contributed by atoms with Gasteiger partial charge in [-0.15, -0.1) is 0 Å². The predicted molar refractivity (Wildman–Crippen MR) is 116 cm³/mol. The summed E-state index contributed by atoms with van der Waals surface area (Å²) in [6.07, 6.45) is 5.66. The summed E-state index contributed by atoms with van der Waals surface area (Å²) >= 11 is 0. The first kappa shape index (κ1) is 19.5. The van der Waals surface area contributed by atoms with Gasteiger partial charge in [-0.1, -0.05) is 12.1 Å². The minimum Gasteiger partial charge on any atom is -0.478 e. The van der Waals surface area contributed by atoms with Gasteiger partial charge in [0.25, 0.3) is 0 Å². The second kappa shape index (κ2) is 9.09. The molecule has 2 aromatic heterocycles. The molecule has 1 aliphatic heterocycles. The van der Waals surface area contributed by atoms with E-state index >= 15 is 0 Å². The third kappa shape index (κ3) is 4.43. The lowest BCUT2D eigenvalue weighted by molar-refractivity contribution is 0.233. The lowest BCUT2D eigenvalue weighted by atomic mass is 9.97. The first-order chi connectivity index (χ1) is 14.3. The molecule has 0 amide bonds. The van der Waals surface area contributed by atoms with E-state index in [0.29, 0.717) is 18.1 Å². The first-order valence-corrected chi connectivity index (χ1v) is 10.4. The van der Waals surface area contributed by atoms with Gasteiger partial charge < -0.3 is 10.1 Å². The fourth-order valence-electron chi connectivity index (χ4n) is 4.00. The molecular formula is C23H28N4O2. The Morgan fingerprint density at radius 3 is 3.00 bits per heavy atom. The number of nitrogens with zero attached hydrogens (tertiary/aromatic N) is 3. The molecule has 0 radical (unpaired) electrons. The fraction of sp³-hybridized carbons (Fsp3) is 0.391. The van der Waals surface area contributed by atoms with E-state index in [2.05, 4.69) is 40.3 Å². The fourth-order valence-corrected chi connectivity index (χ4v) is 4.00. The van der Waals surface area contributed by atoms with Crippen molar-refractivity contribution in [3.8, 4) is 5.88 Å². The number of ether oxygens (including phenoxy) is 1. The van der Waals surface area contributed by atoms with E-state index in [1.807, 2.05) is 18.2 Å². The molecule has 0 atom stereocenters. The van der Waals surface area contributed by atoms with Crippen molar-refractivity contribution in [3.63, 3.8) is 0 Å². The molecule has 0 saturated carbocycles. The molecule has 1 aliphatic rings. The Balaban J connectivity index is 1.23. The van der Waals surface area contributed by atoms with Crippen LogP contribution in [0, 0.1) is 0 Å². The zero-order chi connectivity index (χ0) is 20.1. The van der Waals surface area contributed by atoms with Crippen LogP contribution in [-0.2, 0) is 17.8 Å². The maximum Gasteiger partial charge on any atom is 0.219 e. The van der Waals surface area contributed by atoms with Crippen molar-refractivity contribution in [3.05, 3.63) is 53.7 Å². The van der Waals surface area contributed by atoms with E-state index in [1.165, 1.54) is 21.4 Å². The molecule has 1 aromatic carbocycles. The van der Waals surface area contributed by atoms with E-state index in [9.17, 15) is 4.79 Å². The van der Waals surface area contributed by atoms with Crippen LogP contribution in [0.25, 0.3) is 11.0 Å². The molecule has 4 rings (SSSR count). The van der Waals surface area contributed by atoms with Gasteiger partial charge in [0, 0.05) is 43.0 Å². The summed E-state index contributed by atoms with van der Waals surface area (Å²) in [4.78, 5) is 18.0. The number of pyridine rings is 1. The van der Waals surface area contributed by atoms with Crippen LogP contribution in [-0.4, -0.2) is 47.1 Å². The minimum absolute atomic E-state index is 0.571. The van der Waals surface area contributed by atoms with Crippen molar-refractivity contribution in [2.24, 2.45) is 0 Å². The standard InChI is InChI=1S/C23H28N4O2/c1-2-24-21-7-5-6-19-16-26(13-11-20(19)21)12-3-4-15-29-22-9-8-18-10-14-27(17-28)23(18)25-22/h5-10,14,17,24H,2-4,11-13,15-16H2,1H3. The van der Waals surface area contributed by atoms with Crippen LogP contribution in [0.1, 0.15) is 30.9 Å². The molecule has 0 saturated heterocycles. The maximum absolute atomic E-state index is 11.0. The van der Waals surface area contributed by atoms with Crippen molar-refractivity contribution in [1.82, 2.24) is 14.5 Å². The number of rotatable bonds is 9. The first-order valence-electron chi connectivity index (χ1n) is 10.4. The molecule has 6 nitrogen and oxygen atoms in total. The lowest BCUT2D eigenvalue weighted by Crippen LogP contribution is -2.32. The third-order valence-electron chi connectivity index (χ3n) is 5.48. The monoisotopic (exact) mass is 392 g/mol. The normalized spacial score (nSPS) is 14.0. The van der Waals surface area contributed by atoms with E-state index < -0.39 is 0 Å². The van der Waals surface area contributed by atoms with Gasteiger partial charge in [-0.05, 0) is 62.1 Å². The molecule has 3 heterocycles. The molecule has 0 fully saturated rings. The molecule has 0 aliphatic carbocycles. The average molecular weight is 393 g/mol. The molecular weight excluding hydrogens is 364 g/mol. The molecule has 0 spiro atoms. The van der Waals surface area contributed by atoms with Crippen LogP contribution in [0.3, 0.4) is 0 Å². The van der Waals surface area contributed by atoms with E-state index in [-0.39, 0.29) is 0 Å². The van der Waals surface area contributed by atoms with Gasteiger partial charge in [-0.3, -0.25) is 14.3 Å². The average Bonchev–Trinajstić information content (AvgIpc) is 3.16. The highest BCUT2D eigenvalue weighted by Gasteiger charge is 2.18. The van der Waals surface area contributed by atoms with Crippen LogP contribution in [0.4, 0.5) is 5.69 Å². The van der Waals surface area contributed by atoms with Gasteiger partial charge in [0.15, 0.2) is 5.65 Å². The molecule has 29 heavy (non-hydrogen) atoms. The van der Waals surface area contributed by atoms with E-state index in [1.54, 1.807) is 6.20 Å². The quantitative estimate of drug-likeness (QED) is 0.444. The number of fused-ring (bicyclic) bond motifs is 2. The van der Waals surface area contributed by atoms with E-state index in [4.69, 9.17) is 4.74 Å². The highest BCUT2D eigenvalue weighted by atomic mass is 16.5. The van der Waals surface area contributed by atoms with Crippen LogP contribution < -0.4 is 10.1 Å². The molecule has 152 valence electrons. The van der Waals surface area contributed by atoms with Gasteiger partial charge >= 0.3 is 0 Å². The topological polar surface area (TPSA) is 59.4 Å². The Hall–Kier alpha value is -2.86. The number of benzene rings is 1. The minimum atomic E-state index is 0.571. The van der Waals surface area contributed by atoms with Crippen LogP contribution in [0.2, 0.25) is 0 Å². The number of carbonyl (C=O) groups excluding carboxylic acids is 1. The third-order valence-corrected chi connectivity index (χ3v) is 5.48. The Morgan fingerprint density at radius 1 is 1.21 bits per heavy atom. The van der Waals surface area contributed by atoms with Gasteiger partial charge in [0.2, 0.25) is 12.3 Å². The van der Waals surface area contributed by atoms with Crippen molar-refractivity contribution >= 4 is 23.1 Å². The van der Waals surface area contributed by atoms with Gasteiger partial charge in [-0.25, -0.2) is 0 Å². The Kier molecular flexibility index (Phi) is 6.10. The number of unbranched alkanes of at least 4 members (excludes halogenated alkanes) is 1. The number of hydrogen-bond donors (Lipinski definition) is 1. The molecule has 6 heteroatoms. The second-order valence-electron chi connectivity index (χ2n) is 7.45. The number of aromatic nitrogens is 2. The van der Waals surface area contributed by atoms with Crippen molar-refractivity contribution in [2.75, 3.05) is 31.6 Å². The van der Waals surface area contributed by atoms with Gasteiger partial charge in [0.05, 0.1) is 6.61 Å². The van der Waals surface area contributed by atoms with Crippen molar-refractivity contribution in [2.45, 2.75) is 32.7 Å². The lowest BCUT2D eigenvalue weighted by Gasteiger charge is -2.30. The number of carbonyl (C=O) groups is 1. The second-order valence-corrected chi connectivity index (χ2v) is 7.45. The summed E-state index contributed by atoms with van der Waals surface area (Å²) in [5.41, 5.74) is 4.86. The number of anilines is 1. The Bertz CT molecular complexity index is 982. The van der Waals surface area contributed by atoms with Crippen LogP contribution >= 0.6 is 0 Å². The Morgan fingerprint density at radius 2 is 2.14 bits per heavy atom. The largest absolute Gasteiger partial charge is 0.478 e. The van der Waals surface area contributed by atoms with Crippen molar-refractivity contribution in [1.29, 1.82) is 0 Å². The Labute approximate surface area is 171 Å². The highest BCUT2D eigenvalue weighted by molar-refractivity contribution is 5.82. The smallest absolute Gasteiger partial charge is 0.219 e. The summed E-state index contributed by atoms with van der Waals surface area (Å²) in [6.45, 7) is 6.95. The zero-order valence-corrected chi connectivity index (χ0v) is 16.9. The summed E-state index contributed by atoms with van der Waals surface area (Å²) in [6, 6.07) is 12.3. The van der Waals surface area contributed by atoms with E-state index in [0.717, 1.165) is 57.2 Å². The summed E-state index contributed by atoms with van der Waals surface area (Å²) in [7, 11) is 0. The predicted octanol–water partition coefficient (Wildman–Crippen LogP) is 3.72. The summed E-state index contributed by atoms with van der Waals surface area (Å²) < 4.78 is 7.27. The van der Waals surface area contributed by atoms with Gasteiger partial charge in [0.1, 0.15) is 0 Å². The summed E-state index contributed by atoms with van der Waals surface area (Å²) in [5, 5.41) is 4.42. The van der Waals surface area contributed by atoms with Gasteiger partial charge in [-0.2, -0.15) is 4.98 Å². The van der Waals surface area contributed by atoms with Crippen LogP contribution in [0.15, 0.2) is 42.6 Å². The molecule has 0 unspecified atom stereocenters. The number of nitrogens with one attached hydrogen (secondary N) is 1. The maximum atomic E-state index is 11.0. The van der Waals surface area contributed by atoms with Crippen LogP contribution in [0.5, 0.6) is 5.88 Å². The highest BCUT2D eigenvalue weighted by Crippen LogP contribution is 2.26. The van der Waals surface area contributed by atoms with Crippen molar-refractivity contribution < 1.29 is 9.53 Å². The zero-order valence-electron chi connectivity index (χ0n) is 16.9. The molecule has 1 N–H and O–H groups in total. The summed E-state index contributed by atoms with van der Waals surface area (Å²) in [5.74, 6) is 0.571.